The highest BCUT2D eigenvalue weighted by molar-refractivity contribution is 5.95. The molecule has 1 amide bonds. The smallest absolute Gasteiger partial charge is 0.387 e. The summed E-state index contributed by atoms with van der Waals surface area (Å²) in [6.45, 7) is -3.00. The average Bonchev–Trinajstić information content (AvgIpc) is 2.75. The molecular weight excluding hydrogens is 412 g/mol. The predicted octanol–water partition coefficient (Wildman–Crippen LogP) is 2.82. The standard InChI is InChI=1S/C22H23F2NO6/c1-30-17-4-2-3-14(11-17)12-22(20(28)29)13-25(10-9-18(22)26)19(27)15-5-7-16(8-6-15)31-21(23)24/h2-8,11,18,21,26H,9-10,12-13H2,1H3,(H,28,29)/t18-,22-/m1/s1. The molecule has 1 fully saturated rings. The zero-order chi connectivity index (χ0) is 22.6. The number of rotatable bonds is 7. The molecule has 0 spiro atoms. The Morgan fingerprint density at radius 3 is 2.52 bits per heavy atom. The number of piperidine rings is 1. The molecule has 0 radical (unpaired) electrons. The molecule has 0 aliphatic carbocycles. The zero-order valence-electron chi connectivity index (χ0n) is 16.8. The number of methoxy groups -OCH3 is 1. The Morgan fingerprint density at radius 1 is 1.19 bits per heavy atom. The number of hydrogen-bond donors (Lipinski definition) is 2. The van der Waals surface area contributed by atoms with Crippen LogP contribution in [0.1, 0.15) is 22.3 Å². The van der Waals surface area contributed by atoms with Gasteiger partial charge in [0, 0.05) is 18.7 Å². The molecule has 1 aliphatic rings. The van der Waals surface area contributed by atoms with Crippen molar-refractivity contribution in [1.29, 1.82) is 0 Å². The number of aliphatic carboxylic acids is 1. The maximum atomic E-state index is 12.9. The highest BCUT2D eigenvalue weighted by Gasteiger charge is 2.50. The first-order valence-corrected chi connectivity index (χ1v) is 9.64. The molecule has 7 nitrogen and oxygen atoms in total. The first-order chi connectivity index (χ1) is 14.7. The van der Waals surface area contributed by atoms with Crippen molar-refractivity contribution in [1.82, 2.24) is 4.90 Å². The van der Waals surface area contributed by atoms with Crippen LogP contribution >= 0.6 is 0 Å². The second kappa shape index (κ2) is 9.30. The summed E-state index contributed by atoms with van der Waals surface area (Å²) in [7, 11) is 1.50. The maximum Gasteiger partial charge on any atom is 0.387 e. The number of hydrogen-bond acceptors (Lipinski definition) is 5. The molecule has 1 saturated heterocycles. The Balaban J connectivity index is 1.83. The Labute approximate surface area is 177 Å². The van der Waals surface area contributed by atoms with Gasteiger partial charge in [-0.3, -0.25) is 9.59 Å². The van der Waals surface area contributed by atoms with E-state index in [1.54, 1.807) is 24.3 Å². The topological polar surface area (TPSA) is 96.3 Å². The van der Waals surface area contributed by atoms with Crippen LogP contribution in [0.15, 0.2) is 48.5 Å². The first-order valence-electron chi connectivity index (χ1n) is 9.64. The maximum absolute atomic E-state index is 12.9. The van der Waals surface area contributed by atoms with Gasteiger partial charge in [-0.1, -0.05) is 12.1 Å². The Morgan fingerprint density at radius 2 is 1.90 bits per heavy atom. The minimum absolute atomic E-state index is 0.00560. The number of aliphatic hydroxyl groups excluding tert-OH is 1. The van der Waals surface area contributed by atoms with Gasteiger partial charge in [-0.2, -0.15) is 8.78 Å². The summed E-state index contributed by atoms with van der Waals surface area (Å²) >= 11 is 0. The van der Waals surface area contributed by atoms with Gasteiger partial charge in [-0.25, -0.2) is 0 Å². The van der Waals surface area contributed by atoms with Crippen molar-refractivity contribution in [3.05, 3.63) is 59.7 Å². The van der Waals surface area contributed by atoms with E-state index in [0.29, 0.717) is 11.3 Å². The average molecular weight is 435 g/mol. The van der Waals surface area contributed by atoms with E-state index in [2.05, 4.69) is 4.74 Å². The third-order valence-corrected chi connectivity index (χ3v) is 5.48. The van der Waals surface area contributed by atoms with Crippen LogP contribution < -0.4 is 9.47 Å². The molecule has 31 heavy (non-hydrogen) atoms. The number of carbonyl (C=O) groups is 2. The molecule has 0 unspecified atom stereocenters. The molecule has 1 heterocycles. The first kappa shape index (κ1) is 22.5. The summed E-state index contributed by atoms with van der Waals surface area (Å²) in [5, 5.41) is 20.7. The summed E-state index contributed by atoms with van der Waals surface area (Å²) in [5.74, 6) is -1.19. The molecular formula is C22H23F2NO6. The summed E-state index contributed by atoms with van der Waals surface area (Å²) in [6.07, 6.45) is -1.05. The van der Waals surface area contributed by atoms with Gasteiger partial charge in [0.05, 0.1) is 13.2 Å². The minimum Gasteiger partial charge on any atom is -0.497 e. The minimum atomic E-state index is -2.97. The van der Waals surface area contributed by atoms with E-state index in [-0.39, 0.29) is 37.2 Å². The number of amides is 1. The lowest BCUT2D eigenvalue weighted by atomic mass is 9.72. The van der Waals surface area contributed by atoms with Gasteiger partial charge in [-0.15, -0.1) is 0 Å². The summed E-state index contributed by atoms with van der Waals surface area (Å²) < 4.78 is 34.1. The van der Waals surface area contributed by atoms with Crippen molar-refractivity contribution in [2.45, 2.75) is 25.6 Å². The van der Waals surface area contributed by atoms with Gasteiger partial charge in [0.15, 0.2) is 0 Å². The van der Waals surface area contributed by atoms with Crippen molar-refractivity contribution >= 4 is 11.9 Å². The molecule has 2 N–H and O–H groups in total. The van der Waals surface area contributed by atoms with Crippen LogP contribution in [0.5, 0.6) is 11.5 Å². The lowest BCUT2D eigenvalue weighted by Gasteiger charge is -2.43. The van der Waals surface area contributed by atoms with E-state index in [1.165, 1.54) is 36.3 Å². The number of likely N-dealkylation sites (tertiary alicyclic amines) is 1. The van der Waals surface area contributed by atoms with Gasteiger partial charge in [0.25, 0.3) is 5.91 Å². The molecule has 1 aliphatic heterocycles. The highest BCUT2D eigenvalue weighted by Crippen LogP contribution is 2.36. The number of nitrogens with zero attached hydrogens (tertiary/aromatic N) is 1. The Kier molecular flexibility index (Phi) is 6.74. The number of benzene rings is 2. The van der Waals surface area contributed by atoms with E-state index >= 15 is 0 Å². The van der Waals surface area contributed by atoms with Gasteiger partial charge >= 0.3 is 12.6 Å². The van der Waals surface area contributed by atoms with E-state index < -0.39 is 30.0 Å². The van der Waals surface area contributed by atoms with Crippen LogP contribution in [0, 0.1) is 5.41 Å². The van der Waals surface area contributed by atoms with Crippen molar-refractivity contribution < 1.29 is 38.1 Å². The number of alkyl halides is 2. The monoisotopic (exact) mass is 435 g/mol. The van der Waals surface area contributed by atoms with Crippen molar-refractivity contribution in [3.63, 3.8) is 0 Å². The lowest BCUT2D eigenvalue weighted by molar-refractivity contribution is -0.161. The fraction of sp³-hybridized carbons (Fsp3) is 0.364. The number of carbonyl (C=O) groups excluding carboxylic acids is 1. The van der Waals surface area contributed by atoms with Gasteiger partial charge in [0.2, 0.25) is 0 Å². The number of carboxylic acid groups (broad SMARTS) is 1. The predicted molar refractivity (Wildman–Crippen MR) is 106 cm³/mol. The number of aliphatic hydroxyl groups is 1. The fourth-order valence-corrected chi connectivity index (χ4v) is 3.82. The molecule has 2 aromatic carbocycles. The van der Waals surface area contributed by atoms with Gasteiger partial charge < -0.3 is 24.6 Å². The normalized spacial score (nSPS) is 21.1. The zero-order valence-corrected chi connectivity index (χ0v) is 16.8. The van der Waals surface area contributed by atoms with Gasteiger partial charge in [0.1, 0.15) is 16.9 Å². The van der Waals surface area contributed by atoms with E-state index in [4.69, 9.17) is 4.74 Å². The van der Waals surface area contributed by atoms with Crippen LogP contribution in [0.25, 0.3) is 0 Å². The molecule has 0 bridgehead atoms. The highest BCUT2D eigenvalue weighted by atomic mass is 19.3. The van der Waals surface area contributed by atoms with Crippen molar-refractivity contribution in [2.75, 3.05) is 20.2 Å². The third kappa shape index (κ3) is 4.93. The molecule has 9 heteroatoms. The van der Waals surface area contributed by atoms with Crippen LogP contribution in [0.4, 0.5) is 8.78 Å². The summed E-state index contributed by atoms with van der Waals surface area (Å²) in [6, 6.07) is 12.1. The van der Waals surface area contributed by atoms with Crippen molar-refractivity contribution in [3.8, 4) is 11.5 Å². The second-order valence-electron chi connectivity index (χ2n) is 7.42. The van der Waals surface area contributed by atoms with E-state index in [9.17, 15) is 28.6 Å². The number of ether oxygens (including phenoxy) is 2. The lowest BCUT2D eigenvalue weighted by Crippen LogP contribution is -2.58. The number of halogens is 2. The second-order valence-corrected chi connectivity index (χ2v) is 7.42. The Hall–Kier alpha value is -3.20. The molecule has 3 rings (SSSR count). The molecule has 0 aromatic heterocycles. The van der Waals surface area contributed by atoms with Crippen LogP contribution in [0.2, 0.25) is 0 Å². The SMILES string of the molecule is COc1cccc(C[C@@]2(C(=O)O)CN(C(=O)c3ccc(OC(F)F)cc3)CC[C@H]2O)c1. The quantitative estimate of drug-likeness (QED) is 0.694. The van der Waals surface area contributed by atoms with Gasteiger partial charge in [-0.05, 0) is 54.8 Å². The van der Waals surface area contributed by atoms with Crippen molar-refractivity contribution in [2.24, 2.45) is 5.41 Å². The Bertz CT molecular complexity index is 936. The van der Waals surface area contributed by atoms with E-state index in [0.717, 1.165) is 0 Å². The third-order valence-electron chi connectivity index (χ3n) is 5.48. The van der Waals surface area contributed by atoms with Crippen LogP contribution in [0.3, 0.4) is 0 Å². The summed E-state index contributed by atoms with van der Waals surface area (Å²) in [4.78, 5) is 26.6. The molecule has 2 aromatic rings. The molecule has 0 saturated carbocycles. The molecule has 166 valence electrons. The molecule has 2 atom stereocenters. The summed E-state index contributed by atoms with van der Waals surface area (Å²) in [5.41, 5.74) is -0.735. The fourth-order valence-electron chi connectivity index (χ4n) is 3.82. The van der Waals surface area contributed by atoms with E-state index in [1.807, 2.05) is 0 Å². The van der Waals surface area contributed by atoms with Crippen LogP contribution in [-0.4, -0.2) is 59.9 Å². The largest absolute Gasteiger partial charge is 0.497 e. The van der Waals surface area contributed by atoms with Crippen LogP contribution in [-0.2, 0) is 11.2 Å². The number of carboxylic acids is 1.